The number of rotatable bonds is 4. The number of amides is 1. The summed E-state index contributed by atoms with van der Waals surface area (Å²) in [5.74, 6) is 2.55. The van der Waals surface area contributed by atoms with Gasteiger partial charge in [0.05, 0.1) is 12.1 Å². The van der Waals surface area contributed by atoms with Crippen LogP contribution in [0.4, 0.5) is 0 Å². The highest BCUT2D eigenvalue weighted by Gasteiger charge is 2.28. The van der Waals surface area contributed by atoms with E-state index in [2.05, 4.69) is 25.6 Å². The Labute approximate surface area is 172 Å². The smallest absolute Gasteiger partial charge is 0.227 e. The third kappa shape index (κ3) is 3.23. The first-order valence-corrected chi connectivity index (χ1v) is 10.0. The fourth-order valence-corrected chi connectivity index (χ4v) is 3.98. The fourth-order valence-electron chi connectivity index (χ4n) is 3.98. The van der Waals surface area contributed by atoms with E-state index in [1.54, 1.807) is 15.4 Å². The minimum absolute atomic E-state index is 0.105. The summed E-state index contributed by atoms with van der Waals surface area (Å²) in [5, 5.41) is 21.5. The molecule has 10 heteroatoms. The van der Waals surface area contributed by atoms with Gasteiger partial charge in [0, 0.05) is 37.0 Å². The Hall–Kier alpha value is -3.56. The van der Waals surface area contributed by atoms with Crippen molar-refractivity contribution in [3.63, 3.8) is 0 Å². The molecule has 4 aromatic rings. The summed E-state index contributed by atoms with van der Waals surface area (Å²) in [6, 6.07) is 5.62. The Morgan fingerprint density at radius 3 is 2.73 bits per heavy atom. The number of hydrogen-bond acceptors (Lipinski definition) is 7. The molecule has 1 amide bonds. The normalized spacial score (nSPS) is 15.2. The lowest BCUT2D eigenvalue weighted by atomic mass is 9.95. The predicted octanol–water partition coefficient (Wildman–Crippen LogP) is 1.86. The number of nitrogens with zero attached hydrogens (tertiary/aromatic N) is 8. The molecule has 0 atom stereocenters. The molecule has 0 N–H and O–H groups in total. The molecule has 154 valence electrons. The predicted molar refractivity (Wildman–Crippen MR) is 106 cm³/mol. The molecule has 0 spiro atoms. The van der Waals surface area contributed by atoms with Crippen LogP contribution < -0.4 is 0 Å². The van der Waals surface area contributed by atoms with Crippen molar-refractivity contribution in [2.24, 2.45) is 0 Å². The molecule has 4 aromatic heterocycles. The number of carbonyl (C=O) groups is 1. The van der Waals surface area contributed by atoms with Crippen LogP contribution in [-0.2, 0) is 11.2 Å². The van der Waals surface area contributed by atoms with E-state index < -0.39 is 0 Å². The summed E-state index contributed by atoms with van der Waals surface area (Å²) in [6.45, 7) is 5.07. The van der Waals surface area contributed by atoms with Crippen LogP contribution in [0, 0.1) is 13.8 Å². The van der Waals surface area contributed by atoms with E-state index in [-0.39, 0.29) is 11.8 Å². The van der Waals surface area contributed by atoms with E-state index in [4.69, 9.17) is 4.52 Å². The van der Waals surface area contributed by atoms with Crippen molar-refractivity contribution < 1.29 is 9.32 Å². The highest BCUT2D eigenvalue weighted by atomic mass is 16.5. The number of aromatic nitrogens is 7. The van der Waals surface area contributed by atoms with Gasteiger partial charge in [-0.25, -0.2) is 4.68 Å². The third-order valence-electron chi connectivity index (χ3n) is 5.73. The number of aryl methyl sites for hydroxylation is 2. The first kappa shape index (κ1) is 18.5. The Kier molecular flexibility index (Phi) is 4.53. The van der Waals surface area contributed by atoms with Crippen LogP contribution in [0.1, 0.15) is 41.6 Å². The SMILES string of the molecule is Cc1noc(C)c1CC(=O)N1CCC(c2nnc3ccc(-n4cccn4)nn23)CC1. The largest absolute Gasteiger partial charge is 0.361 e. The Morgan fingerprint density at radius 1 is 1.20 bits per heavy atom. The second-order valence-corrected chi connectivity index (χ2v) is 7.60. The van der Waals surface area contributed by atoms with Crippen molar-refractivity contribution in [1.82, 2.24) is 39.6 Å². The molecule has 1 aliphatic heterocycles. The maximum Gasteiger partial charge on any atom is 0.227 e. The van der Waals surface area contributed by atoms with E-state index in [1.165, 1.54) is 0 Å². The Balaban J connectivity index is 1.30. The molecule has 30 heavy (non-hydrogen) atoms. The van der Waals surface area contributed by atoms with Crippen molar-refractivity contribution in [2.75, 3.05) is 13.1 Å². The topological polar surface area (TPSA) is 107 Å². The fraction of sp³-hybridized carbons (Fsp3) is 0.400. The summed E-state index contributed by atoms with van der Waals surface area (Å²) in [6.07, 6.45) is 5.54. The lowest BCUT2D eigenvalue weighted by Crippen LogP contribution is -2.39. The molecular weight excluding hydrogens is 384 g/mol. The van der Waals surface area contributed by atoms with E-state index in [0.29, 0.717) is 36.7 Å². The molecule has 1 fully saturated rings. The lowest BCUT2D eigenvalue weighted by molar-refractivity contribution is -0.131. The third-order valence-corrected chi connectivity index (χ3v) is 5.73. The average Bonchev–Trinajstić information content (AvgIpc) is 3.50. The summed E-state index contributed by atoms with van der Waals surface area (Å²) in [5.41, 5.74) is 2.38. The molecule has 1 aliphatic rings. The molecule has 0 bridgehead atoms. The van der Waals surface area contributed by atoms with Crippen LogP contribution in [0.25, 0.3) is 11.5 Å². The number of likely N-dealkylation sites (tertiary alicyclic amines) is 1. The minimum Gasteiger partial charge on any atom is -0.361 e. The van der Waals surface area contributed by atoms with Gasteiger partial charge in [-0.1, -0.05) is 5.16 Å². The Bertz CT molecular complexity index is 1170. The molecule has 0 aromatic carbocycles. The number of hydrogen-bond donors (Lipinski definition) is 0. The molecule has 5 rings (SSSR count). The van der Waals surface area contributed by atoms with Gasteiger partial charge in [0.25, 0.3) is 0 Å². The van der Waals surface area contributed by atoms with Gasteiger partial charge < -0.3 is 9.42 Å². The second-order valence-electron chi connectivity index (χ2n) is 7.60. The van der Waals surface area contributed by atoms with Gasteiger partial charge in [0.1, 0.15) is 5.76 Å². The first-order valence-electron chi connectivity index (χ1n) is 10.0. The van der Waals surface area contributed by atoms with Crippen molar-refractivity contribution in [3.8, 4) is 5.82 Å². The second kappa shape index (κ2) is 7.36. The van der Waals surface area contributed by atoms with Gasteiger partial charge >= 0.3 is 0 Å². The van der Waals surface area contributed by atoms with Gasteiger partial charge in [0.15, 0.2) is 17.3 Å². The number of fused-ring (bicyclic) bond motifs is 1. The van der Waals surface area contributed by atoms with Crippen LogP contribution in [0.2, 0.25) is 0 Å². The van der Waals surface area contributed by atoms with Gasteiger partial charge in [-0.05, 0) is 44.9 Å². The van der Waals surface area contributed by atoms with Gasteiger partial charge in [-0.15, -0.1) is 15.3 Å². The molecule has 10 nitrogen and oxygen atoms in total. The number of piperidine rings is 1. The monoisotopic (exact) mass is 406 g/mol. The average molecular weight is 406 g/mol. The molecule has 0 unspecified atom stereocenters. The molecule has 1 saturated heterocycles. The highest BCUT2D eigenvalue weighted by Crippen LogP contribution is 2.27. The van der Waals surface area contributed by atoms with Crippen LogP contribution >= 0.6 is 0 Å². The summed E-state index contributed by atoms with van der Waals surface area (Å²) >= 11 is 0. The maximum absolute atomic E-state index is 12.8. The van der Waals surface area contributed by atoms with Crippen LogP contribution in [0.3, 0.4) is 0 Å². The summed E-state index contributed by atoms with van der Waals surface area (Å²) in [7, 11) is 0. The molecule has 0 radical (unpaired) electrons. The van der Waals surface area contributed by atoms with Crippen molar-refractivity contribution in [3.05, 3.63) is 53.4 Å². The van der Waals surface area contributed by atoms with Crippen LogP contribution in [0.5, 0.6) is 0 Å². The zero-order chi connectivity index (χ0) is 20.7. The zero-order valence-corrected chi connectivity index (χ0v) is 16.9. The van der Waals surface area contributed by atoms with Crippen LogP contribution in [0.15, 0.2) is 35.1 Å². The minimum atomic E-state index is 0.105. The van der Waals surface area contributed by atoms with Gasteiger partial charge in [-0.3, -0.25) is 4.79 Å². The van der Waals surface area contributed by atoms with Crippen molar-refractivity contribution in [1.29, 1.82) is 0 Å². The van der Waals surface area contributed by atoms with Crippen molar-refractivity contribution in [2.45, 2.75) is 39.0 Å². The quantitative estimate of drug-likeness (QED) is 0.509. The molecule has 0 aliphatic carbocycles. The van der Waals surface area contributed by atoms with Gasteiger partial charge in [-0.2, -0.15) is 9.61 Å². The highest BCUT2D eigenvalue weighted by molar-refractivity contribution is 5.79. The van der Waals surface area contributed by atoms with E-state index in [1.807, 2.05) is 43.1 Å². The van der Waals surface area contributed by atoms with E-state index in [0.717, 1.165) is 29.9 Å². The standard InChI is InChI=1S/C20H22N8O2/c1-13-16(14(2)30-25-13)12-19(29)26-10-6-15(7-11-26)20-23-22-17-4-5-18(24-28(17)20)27-9-3-8-21-27/h3-5,8-9,15H,6-7,10-12H2,1-2H3. The molecule has 5 heterocycles. The number of carbonyl (C=O) groups excluding carboxylic acids is 1. The van der Waals surface area contributed by atoms with E-state index in [9.17, 15) is 4.79 Å². The van der Waals surface area contributed by atoms with E-state index >= 15 is 0 Å². The van der Waals surface area contributed by atoms with Gasteiger partial charge in [0.2, 0.25) is 5.91 Å². The van der Waals surface area contributed by atoms with Crippen molar-refractivity contribution >= 4 is 11.6 Å². The first-order chi connectivity index (χ1) is 14.6. The maximum atomic E-state index is 12.8. The molecule has 0 saturated carbocycles. The molecular formula is C20H22N8O2. The summed E-state index contributed by atoms with van der Waals surface area (Å²) < 4.78 is 8.68. The Morgan fingerprint density at radius 2 is 2.03 bits per heavy atom. The lowest BCUT2D eigenvalue weighted by Gasteiger charge is -2.31. The summed E-state index contributed by atoms with van der Waals surface area (Å²) in [4.78, 5) is 14.7. The zero-order valence-electron chi connectivity index (χ0n) is 16.9. The van der Waals surface area contributed by atoms with Crippen LogP contribution in [-0.4, -0.2) is 58.6 Å².